The molecule has 0 radical (unpaired) electrons. The number of thioether (sulfide) groups is 1. The summed E-state index contributed by atoms with van der Waals surface area (Å²) in [6, 6.07) is 18.3. The van der Waals surface area contributed by atoms with E-state index in [1.165, 1.54) is 0 Å². The number of carbonyl (C=O) groups is 1. The minimum Gasteiger partial charge on any atom is -0.314 e. The first kappa shape index (κ1) is 15.4. The van der Waals surface area contributed by atoms with E-state index < -0.39 is 0 Å². The molecule has 2 nitrogen and oxygen atoms in total. The molecule has 0 bridgehead atoms. The van der Waals surface area contributed by atoms with Crippen molar-refractivity contribution in [2.24, 2.45) is 0 Å². The van der Waals surface area contributed by atoms with Crippen molar-refractivity contribution in [3.05, 3.63) is 64.5 Å². The molecule has 2 aromatic rings. The number of halogens is 1. The lowest BCUT2D eigenvalue weighted by Gasteiger charge is -2.21. The zero-order valence-electron chi connectivity index (χ0n) is 12.2. The summed E-state index contributed by atoms with van der Waals surface area (Å²) in [7, 11) is 1.85. The van der Waals surface area contributed by atoms with Gasteiger partial charge in [-0.25, -0.2) is 0 Å². The Morgan fingerprint density at radius 1 is 1.14 bits per heavy atom. The molecule has 1 aliphatic heterocycles. The average molecular weight is 374 g/mol. The summed E-state index contributed by atoms with van der Waals surface area (Å²) < 4.78 is 1.05. The molecule has 112 valence electrons. The molecule has 1 aliphatic rings. The zero-order chi connectivity index (χ0) is 15.5. The SMILES string of the molecule is CN(C(=O)C1CC=C(Br)S1)c1cccc(-c2ccccc2)c1. The molecule has 0 aromatic heterocycles. The highest BCUT2D eigenvalue weighted by atomic mass is 79.9. The maximum Gasteiger partial charge on any atom is 0.240 e. The van der Waals surface area contributed by atoms with Crippen LogP contribution < -0.4 is 4.90 Å². The predicted molar refractivity (Wildman–Crippen MR) is 98.3 cm³/mol. The van der Waals surface area contributed by atoms with Crippen LogP contribution in [0.15, 0.2) is 64.5 Å². The smallest absolute Gasteiger partial charge is 0.240 e. The normalized spacial score (nSPS) is 17.2. The third-order valence-electron chi connectivity index (χ3n) is 3.69. The number of anilines is 1. The van der Waals surface area contributed by atoms with Gasteiger partial charge in [0, 0.05) is 16.5 Å². The number of allylic oxidation sites excluding steroid dienone is 1. The van der Waals surface area contributed by atoms with Crippen LogP contribution in [0, 0.1) is 0 Å². The lowest BCUT2D eigenvalue weighted by Crippen LogP contribution is -2.33. The maximum absolute atomic E-state index is 12.6. The van der Waals surface area contributed by atoms with E-state index in [1.807, 2.05) is 37.4 Å². The van der Waals surface area contributed by atoms with Gasteiger partial charge in [0.2, 0.25) is 5.91 Å². The third kappa shape index (κ3) is 3.28. The van der Waals surface area contributed by atoms with Gasteiger partial charge in [0.25, 0.3) is 0 Å². The van der Waals surface area contributed by atoms with Gasteiger partial charge in [0.15, 0.2) is 0 Å². The predicted octanol–water partition coefficient (Wildman–Crippen LogP) is 5.06. The maximum atomic E-state index is 12.6. The number of hydrogen-bond acceptors (Lipinski definition) is 2. The van der Waals surface area contributed by atoms with E-state index in [-0.39, 0.29) is 11.2 Å². The zero-order valence-corrected chi connectivity index (χ0v) is 14.6. The monoisotopic (exact) mass is 373 g/mol. The van der Waals surface area contributed by atoms with E-state index in [4.69, 9.17) is 0 Å². The van der Waals surface area contributed by atoms with Crippen LogP contribution >= 0.6 is 27.7 Å². The van der Waals surface area contributed by atoms with Crippen molar-refractivity contribution in [1.82, 2.24) is 0 Å². The quantitative estimate of drug-likeness (QED) is 0.749. The molecule has 1 unspecified atom stereocenters. The number of amides is 1. The lowest BCUT2D eigenvalue weighted by molar-refractivity contribution is -0.117. The van der Waals surface area contributed by atoms with E-state index in [2.05, 4.69) is 46.3 Å². The van der Waals surface area contributed by atoms with Crippen LogP contribution in [-0.4, -0.2) is 18.2 Å². The molecular weight excluding hydrogens is 358 g/mol. The molecular formula is C18H16BrNOS. The summed E-state index contributed by atoms with van der Waals surface area (Å²) >= 11 is 5.03. The highest BCUT2D eigenvalue weighted by molar-refractivity contribution is 9.14. The highest BCUT2D eigenvalue weighted by Gasteiger charge is 2.27. The number of hydrogen-bond donors (Lipinski definition) is 0. The van der Waals surface area contributed by atoms with Gasteiger partial charge < -0.3 is 4.90 Å². The van der Waals surface area contributed by atoms with Gasteiger partial charge >= 0.3 is 0 Å². The van der Waals surface area contributed by atoms with Gasteiger partial charge in [-0.15, -0.1) is 11.8 Å². The second-order valence-corrected chi connectivity index (χ2v) is 7.79. The second-order valence-electron chi connectivity index (χ2n) is 5.16. The molecule has 2 aromatic carbocycles. The van der Waals surface area contributed by atoms with Gasteiger partial charge in [-0.1, -0.05) is 48.5 Å². The van der Waals surface area contributed by atoms with Crippen molar-refractivity contribution in [2.45, 2.75) is 11.7 Å². The fourth-order valence-corrected chi connectivity index (χ4v) is 4.23. The Balaban J connectivity index is 1.81. The van der Waals surface area contributed by atoms with E-state index in [0.29, 0.717) is 0 Å². The minimum absolute atomic E-state index is 0.0280. The molecule has 0 N–H and O–H groups in total. The summed E-state index contributed by atoms with van der Waals surface area (Å²) in [5, 5.41) is -0.0280. The molecule has 22 heavy (non-hydrogen) atoms. The van der Waals surface area contributed by atoms with Crippen molar-refractivity contribution in [1.29, 1.82) is 0 Å². The molecule has 0 saturated heterocycles. The van der Waals surface area contributed by atoms with Crippen molar-refractivity contribution < 1.29 is 4.79 Å². The van der Waals surface area contributed by atoms with Crippen molar-refractivity contribution in [2.75, 3.05) is 11.9 Å². The fraction of sp³-hybridized carbons (Fsp3) is 0.167. The summed E-state index contributed by atoms with van der Waals surface area (Å²) in [6.45, 7) is 0. The van der Waals surface area contributed by atoms with Gasteiger partial charge in [0.05, 0.1) is 5.25 Å². The van der Waals surface area contributed by atoms with Gasteiger partial charge in [-0.2, -0.15) is 0 Å². The third-order valence-corrected chi connectivity index (χ3v) is 5.65. The Kier molecular flexibility index (Phi) is 4.69. The summed E-state index contributed by atoms with van der Waals surface area (Å²) in [4.78, 5) is 14.3. The van der Waals surface area contributed by atoms with Crippen LogP contribution in [0.4, 0.5) is 5.69 Å². The van der Waals surface area contributed by atoms with Gasteiger partial charge in [-0.3, -0.25) is 4.79 Å². The summed E-state index contributed by atoms with van der Waals surface area (Å²) in [6.07, 6.45) is 2.84. The first-order chi connectivity index (χ1) is 10.6. The molecule has 1 amide bonds. The van der Waals surface area contributed by atoms with Crippen molar-refractivity contribution >= 4 is 39.3 Å². The summed E-state index contributed by atoms with van der Waals surface area (Å²) in [5.74, 6) is 0.140. The number of nitrogens with zero attached hydrogens (tertiary/aromatic N) is 1. The highest BCUT2D eigenvalue weighted by Crippen LogP contribution is 2.37. The standard InChI is InChI=1S/C18H16BrNOS/c1-20(18(21)16-10-11-17(19)22-16)15-9-5-8-14(12-15)13-6-3-2-4-7-13/h2-9,11-12,16H,10H2,1H3. The van der Waals surface area contributed by atoms with E-state index in [9.17, 15) is 4.79 Å². The molecule has 3 rings (SSSR count). The van der Waals surface area contributed by atoms with Crippen molar-refractivity contribution in [3.63, 3.8) is 0 Å². The molecule has 4 heteroatoms. The molecule has 1 heterocycles. The topological polar surface area (TPSA) is 20.3 Å². The van der Waals surface area contributed by atoms with Crippen LogP contribution in [0.2, 0.25) is 0 Å². The van der Waals surface area contributed by atoms with Crippen LogP contribution in [0.5, 0.6) is 0 Å². The van der Waals surface area contributed by atoms with Gasteiger partial charge in [-0.05, 0) is 45.6 Å². The number of carbonyl (C=O) groups excluding carboxylic acids is 1. The molecule has 0 fully saturated rings. The molecule has 1 atom stereocenters. The number of benzene rings is 2. The van der Waals surface area contributed by atoms with Crippen molar-refractivity contribution in [3.8, 4) is 11.1 Å². The molecule has 0 aliphatic carbocycles. The molecule has 0 spiro atoms. The van der Waals surface area contributed by atoms with Crippen LogP contribution in [0.25, 0.3) is 11.1 Å². The lowest BCUT2D eigenvalue weighted by atomic mass is 10.0. The Labute approximate surface area is 143 Å². The first-order valence-electron chi connectivity index (χ1n) is 7.10. The van der Waals surface area contributed by atoms with E-state index >= 15 is 0 Å². The van der Waals surface area contributed by atoms with Crippen LogP contribution in [-0.2, 0) is 4.79 Å². The Bertz CT molecular complexity index is 714. The minimum atomic E-state index is -0.0280. The fourth-order valence-electron chi connectivity index (χ4n) is 2.45. The average Bonchev–Trinajstić information content (AvgIpc) is 3.01. The van der Waals surface area contributed by atoms with Crippen LogP contribution in [0.3, 0.4) is 0 Å². The largest absolute Gasteiger partial charge is 0.314 e. The summed E-state index contributed by atoms with van der Waals surface area (Å²) in [5.41, 5.74) is 3.20. The van der Waals surface area contributed by atoms with E-state index in [0.717, 1.165) is 27.0 Å². The first-order valence-corrected chi connectivity index (χ1v) is 8.78. The Morgan fingerprint density at radius 2 is 1.86 bits per heavy atom. The second kappa shape index (κ2) is 6.71. The number of rotatable bonds is 3. The van der Waals surface area contributed by atoms with Crippen LogP contribution in [0.1, 0.15) is 6.42 Å². The Morgan fingerprint density at radius 3 is 2.55 bits per heavy atom. The Hall–Kier alpha value is -1.52. The van der Waals surface area contributed by atoms with E-state index in [1.54, 1.807) is 16.7 Å². The molecule has 0 saturated carbocycles. The van der Waals surface area contributed by atoms with Gasteiger partial charge in [0.1, 0.15) is 0 Å².